The third-order valence-electron chi connectivity index (χ3n) is 4.58. The number of hydrogen-bond acceptors (Lipinski definition) is 5. The van der Waals surface area contributed by atoms with Crippen LogP contribution in [0, 0.1) is 13.8 Å². The molecule has 5 heteroatoms. The predicted octanol–water partition coefficient (Wildman–Crippen LogP) is 2.47. The Labute approximate surface area is 142 Å². The van der Waals surface area contributed by atoms with Crippen molar-refractivity contribution in [3.05, 3.63) is 35.3 Å². The Hall–Kier alpha value is -1.85. The number of ketones is 1. The van der Waals surface area contributed by atoms with Gasteiger partial charge in [0.2, 0.25) is 0 Å². The average molecular weight is 327 g/mol. The van der Waals surface area contributed by atoms with Gasteiger partial charge in [-0.25, -0.2) is 9.97 Å². The number of hydrogen-bond donors (Lipinski definition) is 1. The number of aryl methyl sites for hydroxylation is 2. The monoisotopic (exact) mass is 327 g/mol. The molecule has 24 heavy (non-hydrogen) atoms. The number of morpholine rings is 1. The number of Topliss-reactive ketones (excluding diaryl/α,β-unsaturated/α-hetero) is 1. The van der Waals surface area contributed by atoms with Gasteiger partial charge in [-0.1, -0.05) is 32.0 Å². The second-order valence-corrected chi connectivity index (χ2v) is 7.18. The van der Waals surface area contributed by atoms with E-state index in [4.69, 9.17) is 9.72 Å². The van der Waals surface area contributed by atoms with Crippen molar-refractivity contribution in [2.24, 2.45) is 0 Å². The molecule has 1 aromatic carbocycles. The Morgan fingerprint density at radius 1 is 1.33 bits per heavy atom. The maximum atomic E-state index is 12.7. The fourth-order valence-electron chi connectivity index (χ4n) is 3.33. The zero-order chi connectivity index (χ0) is 17.3. The number of fused-ring (bicyclic) bond motifs is 1. The third-order valence-corrected chi connectivity index (χ3v) is 4.58. The smallest absolute Gasteiger partial charge is 0.163 e. The fraction of sp³-hybridized carbons (Fsp3) is 0.526. The van der Waals surface area contributed by atoms with Crippen LogP contribution in [0.5, 0.6) is 0 Å². The van der Waals surface area contributed by atoms with Crippen molar-refractivity contribution in [2.75, 3.05) is 19.7 Å². The lowest BCUT2D eigenvalue weighted by atomic mass is 9.80. The second kappa shape index (κ2) is 6.57. The molecule has 2 aromatic rings. The summed E-state index contributed by atoms with van der Waals surface area (Å²) in [6.07, 6.45) is 0.0488. The lowest BCUT2D eigenvalue weighted by Crippen LogP contribution is -2.44. The first-order valence-corrected chi connectivity index (χ1v) is 8.48. The van der Waals surface area contributed by atoms with Crippen LogP contribution in [0.25, 0.3) is 10.9 Å². The second-order valence-electron chi connectivity index (χ2n) is 7.18. The summed E-state index contributed by atoms with van der Waals surface area (Å²) in [6, 6.07) is 6.12. The first kappa shape index (κ1) is 17.0. The van der Waals surface area contributed by atoms with Gasteiger partial charge in [0.25, 0.3) is 0 Å². The van der Waals surface area contributed by atoms with Gasteiger partial charge in [-0.05, 0) is 19.4 Å². The lowest BCUT2D eigenvalue weighted by molar-refractivity contribution is -0.133. The average Bonchev–Trinajstić information content (AvgIpc) is 2.55. The highest BCUT2D eigenvalue weighted by atomic mass is 16.5. The molecule has 1 aliphatic rings. The largest absolute Gasteiger partial charge is 0.368 e. The Morgan fingerprint density at radius 3 is 2.83 bits per heavy atom. The van der Waals surface area contributed by atoms with Crippen LogP contribution in [0.1, 0.15) is 37.4 Å². The molecule has 1 fully saturated rings. The maximum absolute atomic E-state index is 12.7. The van der Waals surface area contributed by atoms with Gasteiger partial charge >= 0.3 is 0 Å². The standard InChI is InChI=1S/C19H25N3O2/c1-12-6-5-7-14-17(12)21-13(2)22-18(14)19(3,4)10-15(23)16-11-20-8-9-24-16/h5-7,16,20H,8-11H2,1-4H3/t16-/m0/s1. The zero-order valence-electron chi connectivity index (χ0n) is 14.8. The molecular formula is C19H25N3O2. The highest BCUT2D eigenvalue weighted by Gasteiger charge is 2.32. The van der Waals surface area contributed by atoms with Crippen LogP contribution < -0.4 is 5.32 Å². The molecule has 5 nitrogen and oxygen atoms in total. The first-order valence-electron chi connectivity index (χ1n) is 8.48. The topological polar surface area (TPSA) is 64.1 Å². The summed E-state index contributed by atoms with van der Waals surface area (Å²) in [7, 11) is 0. The Balaban J connectivity index is 1.95. The summed E-state index contributed by atoms with van der Waals surface area (Å²) in [5, 5.41) is 4.24. The number of nitrogens with one attached hydrogen (secondary N) is 1. The SMILES string of the molecule is Cc1nc(C(C)(C)CC(=O)[C@@H]2CNCCO2)c2cccc(C)c2n1. The molecule has 0 spiro atoms. The van der Waals surface area contributed by atoms with Gasteiger partial charge in [-0.2, -0.15) is 0 Å². The van der Waals surface area contributed by atoms with Crippen LogP contribution >= 0.6 is 0 Å². The number of rotatable bonds is 4. The van der Waals surface area contributed by atoms with E-state index in [-0.39, 0.29) is 17.3 Å². The molecule has 2 heterocycles. The van der Waals surface area contributed by atoms with Crippen molar-refractivity contribution < 1.29 is 9.53 Å². The molecule has 0 radical (unpaired) electrons. The van der Waals surface area contributed by atoms with E-state index in [1.165, 1.54) is 0 Å². The quantitative estimate of drug-likeness (QED) is 0.934. The minimum Gasteiger partial charge on any atom is -0.368 e. The van der Waals surface area contributed by atoms with Crippen molar-refractivity contribution in [3.8, 4) is 0 Å². The highest BCUT2D eigenvalue weighted by Crippen LogP contribution is 2.32. The van der Waals surface area contributed by atoms with Crippen LogP contribution in [0.3, 0.4) is 0 Å². The summed E-state index contributed by atoms with van der Waals surface area (Å²) in [5.74, 6) is 0.868. The van der Waals surface area contributed by atoms with E-state index < -0.39 is 0 Å². The number of carbonyl (C=O) groups is 1. The lowest BCUT2D eigenvalue weighted by Gasteiger charge is -2.29. The minimum atomic E-state index is -0.377. The van der Waals surface area contributed by atoms with E-state index in [0.717, 1.165) is 34.5 Å². The van der Waals surface area contributed by atoms with E-state index in [2.05, 4.69) is 37.1 Å². The number of nitrogens with zero attached hydrogens (tertiary/aromatic N) is 2. The molecule has 1 saturated heterocycles. The molecular weight excluding hydrogens is 302 g/mol. The summed E-state index contributed by atoms with van der Waals surface area (Å²) in [5.41, 5.74) is 2.65. The van der Waals surface area contributed by atoms with Crippen LogP contribution in [0.2, 0.25) is 0 Å². The molecule has 1 atom stereocenters. The van der Waals surface area contributed by atoms with Gasteiger partial charge in [0.1, 0.15) is 11.9 Å². The van der Waals surface area contributed by atoms with Gasteiger partial charge in [0.15, 0.2) is 5.78 Å². The van der Waals surface area contributed by atoms with Gasteiger partial charge in [0, 0.05) is 30.3 Å². The molecule has 1 aliphatic heterocycles. The van der Waals surface area contributed by atoms with E-state index in [9.17, 15) is 4.79 Å². The molecule has 0 amide bonds. The molecule has 0 unspecified atom stereocenters. The van der Waals surface area contributed by atoms with Crippen LogP contribution in [-0.2, 0) is 14.9 Å². The van der Waals surface area contributed by atoms with E-state index >= 15 is 0 Å². The number of para-hydroxylation sites is 1. The molecule has 0 aliphatic carbocycles. The summed E-state index contributed by atoms with van der Waals surface area (Å²) in [6.45, 7) is 10.1. The molecule has 1 N–H and O–H groups in total. The van der Waals surface area contributed by atoms with E-state index in [1.807, 2.05) is 19.1 Å². The Kier molecular flexibility index (Phi) is 4.65. The van der Waals surface area contributed by atoms with Crippen LogP contribution in [-0.4, -0.2) is 41.6 Å². The molecule has 128 valence electrons. The highest BCUT2D eigenvalue weighted by molar-refractivity contribution is 5.88. The first-order chi connectivity index (χ1) is 11.4. The third kappa shape index (κ3) is 3.32. The number of aromatic nitrogens is 2. The van der Waals surface area contributed by atoms with E-state index in [0.29, 0.717) is 19.6 Å². The van der Waals surface area contributed by atoms with Crippen molar-refractivity contribution in [2.45, 2.75) is 45.6 Å². The normalized spacial score (nSPS) is 18.8. The fourth-order valence-corrected chi connectivity index (χ4v) is 3.33. The number of carbonyl (C=O) groups excluding carboxylic acids is 1. The summed E-state index contributed by atoms with van der Waals surface area (Å²) < 4.78 is 5.61. The molecule has 0 saturated carbocycles. The summed E-state index contributed by atoms with van der Waals surface area (Å²) in [4.78, 5) is 21.9. The molecule has 3 rings (SSSR count). The predicted molar refractivity (Wildman–Crippen MR) is 94.3 cm³/mol. The van der Waals surface area contributed by atoms with Gasteiger partial charge in [0.05, 0.1) is 17.8 Å². The van der Waals surface area contributed by atoms with Crippen LogP contribution in [0.4, 0.5) is 0 Å². The van der Waals surface area contributed by atoms with Crippen molar-refractivity contribution in [1.29, 1.82) is 0 Å². The minimum absolute atomic E-state index is 0.129. The van der Waals surface area contributed by atoms with Crippen molar-refractivity contribution in [1.82, 2.24) is 15.3 Å². The van der Waals surface area contributed by atoms with Crippen molar-refractivity contribution >= 4 is 16.7 Å². The van der Waals surface area contributed by atoms with Crippen LogP contribution in [0.15, 0.2) is 18.2 Å². The maximum Gasteiger partial charge on any atom is 0.163 e. The van der Waals surface area contributed by atoms with Gasteiger partial charge < -0.3 is 10.1 Å². The number of ether oxygens (including phenoxy) is 1. The van der Waals surface area contributed by atoms with E-state index in [1.54, 1.807) is 0 Å². The molecule has 0 bridgehead atoms. The summed E-state index contributed by atoms with van der Waals surface area (Å²) >= 11 is 0. The number of benzene rings is 1. The zero-order valence-corrected chi connectivity index (χ0v) is 14.8. The molecule has 1 aromatic heterocycles. The van der Waals surface area contributed by atoms with Crippen molar-refractivity contribution in [3.63, 3.8) is 0 Å². The Bertz CT molecular complexity index is 765. The van der Waals surface area contributed by atoms with Gasteiger partial charge in [-0.3, -0.25) is 4.79 Å². The Morgan fingerprint density at radius 2 is 2.12 bits per heavy atom. The van der Waals surface area contributed by atoms with Gasteiger partial charge in [-0.15, -0.1) is 0 Å².